The predicted octanol–water partition coefficient (Wildman–Crippen LogP) is 1.17. The maximum Gasteiger partial charge on any atom is 0.209 e. The van der Waals surface area contributed by atoms with Crippen LogP contribution in [0.5, 0.6) is 5.88 Å². The van der Waals surface area contributed by atoms with Crippen molar-refractivity contribution in [2.75, 3.05) is 7.11 Å². The number of pyridine rings is 1. The molecule has 0 aliphatic heterocycles. The van der Waals surface area contributed by atoms with Gasteiger partial charge in [0.1, 0.15) is 5.52 Å². The average Bonchev–Trinajstić information content (AvgIpc) is 3.20. The van der Waals surface area contributed by atoms with Crippen molar-refractivity contribution in [3.8, 4) is 5.88 Å². The van der Waals surface area contributed by atoms with Crippen LogP contribution in [0.3, 0.4) is 0 Å². The van der Waals surface area contributed by atoms with Gasteiger partial charge >= 0.3 is 0 Å². The van der Waals surface area contributed by atoms with E-state index in [1.807, 2.05) is 12.1 Å². The number of methoxy groups -OCH3 is 1. The molecule has 0 aliphatic carbocycles. The van der Waals surface area contributed by atoms with Gasteiger partial charge in [-0.1, -0.05) is 6.07 Å². The molecule has 0 aliphatic rings. The number of fused-ring (bicyclic) bond motifs is 1. The summed E-state index contributed by atoms with van der Waals surface area (Å²) in [6.07, 6.45) is 6.69. The molecule has 0 bridgehead atoms. The van der Waals surface area contributed by atoms with E-state index in [0.717, 1.165) is 5.56 Å². The Kier molecular flexibility index (Phi) is 3.22. The number of aromatic amines is 2. The summed E-state index contributed by atoms with van der Waals surface area (Å²) < 4.78 is 14.7. The molecule has 4 rings (SSSR count). The monoisotopic (exact) mass is 323 g/mol. The highest BCUT2D eigenvalue weighted by Gasteiger charge is 2.07. The highest BCUT2D eigenvalue weighted by Crippen LogP contribution is 2.14. The lowest BCUT2D eigenvalue weighted by Gasteiger charge is -2.02. The van der Waals surface area contributed by atoms with Gasteiger partial charge in [0.2, 0.25) is 5.88 Å². The zero-order valence-corrected chi connectivity index (χ0v) is 12.8. The summed E-state index contributed by atoms with van der Waals surface area (Å²) in [6.45, 7) is 0.531. The molecule has 2 N–H and O–H groups in total. The molecule has 9 nitrogen and oxygen atoms in total. The van der Waals surface area contributed by atoms with Crippen molar-refractivity contribution in [2.45, 2.75) is 6.54 Å². The SMILES string of the molecule is [2H]c1c(OC)[nH][nH]/c1=N/c1cnc2cnn(Cc3cccnc3)c2n1. The van der Waals surface area contributed by atoms with Crippen LogP contribution in [0.1, 0.15) is 6.93 Å². The lowest BCUT2D eigenvalue weighted by molar-refractivity contribution is 0.397. The van der Waals surface area contributed by atoms with Crippen molar-refractivity contribution in [3.05, 3.63) is 54.0 Å². The third kappa shape index (κ3) is 2.74. The highest BCUT2D eigenvalue weighted by molar-refractivity contribution is 5.70. The second-order valence-corrected chi connectivity index (χ2v) is 4.97. The number of ether oxygens (including phenoxy) is 1. The molecule has 0 amide bonds. The number of nitrogens with one attached hydrogen (secondary N) is 2. The smallest absolute Gasteiger partial charge is 0.209 e. The van der Waals surface area contributed by atoms with Crippen LogP contribution < -0.4 is 10.2 Å². The Balaban J connectivity index is 1.74. The molecular weight excluding hydrogens is 308 g/mol. The van der Waals surface area contributed by atoms with Crippen molar-refractivity contribution < 1.29 is 6.11 Å². The molecule has 0 fully saturated rings. The molecule has 120 valence electrons. The quantitative estimate of drug-likeness (QED) is 0.586. The number of hydrogen-bond acceptors (Lipinski definition) is 6. The minimum Gasteiger partial charge on any atom is -0.481 e. The summed E-state index contributed by atoms with van der Waals surface area (Å²) in [5.74, 6) is 0.668. The van der Waals surface area contributed by atoms with Gasteiger partial charge in [0.25, 0.3) is 0 Å². The minimum atomic E-state index is 0.119. The normalized spacial score (nSPS) is 12.5. The van der Waals surface area contributed by atoms with Crippen molar-refractivity contribution >= 4 is 17.0 Å². The van der Waals surface area contributed by atoms with Gasteiger partial charge in [0, 0.05) is 18.4 Å². The average molecular weight is 323 g/mol. The molecule has 0 spiro atoms. The third-order valence-corrected chi connectivity index (χ3v) is 3.34. The van der Waals surface area contributed by atoms with Gasteiger partial charge in [-0.3, -0.25) is 15.2 Å². The Hall–Kier alpha value is -3.49. The number of aromatic nitrogens is 7. The first-order valence-electron chi connectivity index (χ1n) is 7.68. The van der Waals surface area contributed by atoms with Gasteiger partial charge in [-0.2, -0.15) is 5.10 Å². The number of H-pyrrole nitrogens is 2. The Morgan fingerprint density at radius 2 is 2.29 bits per heavy atom. The number of nitrogens with zero attached hydrogens (tertiary/aromatic N) is 6. The second-order valence-electron chi connectivity index (χ2n) is 4.97. The standard InChI is InChI=1S/C15H14N8O/c1-24-14-5-12(21-22-14)19-13-8-17-11-7-18-23(15(11)20-13)9-10-3-2-4-16-6-10/h2-8H,9H2,1H3,(H2,19,20,21,22)/i5D. The molecule has 9 heteroatoms. The Bertz CT molecular complexity index is 1080. The fraction of sp³-hybridized carbons (Fsp3) is 0.133. The number of hydrogen-bond donors (Lipinski definition) is 2. The predicted molar refractivity (Wildman–Crippen MR) is 85.6 cm³/mol. The summed E-state index contributed by atoms with van der Waals surface area (Å²) in [6, 6.07) is 3.96. The fourth-order valence-electron chi connectivity index (χ4n) is 2.23. The lowest BCUT2D eigenvalue weighted by atomic mass is 10.3. The van der Waals surface area contributed by atoms with E-state index >= 15 is 0 Å². The van der Waals surface area contributed by atoms with Crippen LogP contribution in [0.15, 0.2) is 48.0 Å². The van der Waals surface area contributed by atoms with Gasteiger partial charge in [-0.05, 0) is 11.6 Å². The number of rotatable bonds is 4. The van der Waals surface area contributed by atoms with Gasteiger partial charge in [-0.15, -0.1) is 0 Å². The summed E-state index contributed by atoms with van der Waals surface area (Å²) in [5, 5.41) is 9.81. The summed E-state index contributed by atoms with van der Waals surface area (Å²) >= 11 is 0. The molecule has 0 atom stereocenters. The largest absolute Gasteiger partial charge is 0.481 e. The Morgan fingerprint density at radius 3 is 3.08 bits per heavy atom. The van der Waals surface area contributed by atoms with E-state index in [2.05, 4.69) is 35.2 Å². The van der Waals surface area contributed by atoms with Gasteiger partial charge in [0.15, 0.2) is 17.0 Å². The van der Waals surface area contributed by atoms with E-state index < -0.39 is 0 Å². The zero-order valence-electron chi connectivity index (χ0n) is 13.8. The van der Waals surface area contributed by atoms with Gasteiger partial charge < -0.3 is 4.74 Å². The molecule has 0 saturated heterocycles. The fourth-order valence-corrected chi connectivity index (χ4v) is 2.23. The molecule has 4 aromatic rings. The molecule has 4 aromatic heterocycles. The molecular formula is C15H14N8O. The van der Waals surface area contributed by atoms with Crippen LogP contribution in [0.4, 0.5) is 5.82 Å². The zero-order chi connectivity index (χ0) is 17.2. The Labute approximate surface area is 137 Å². The van der Waals surface area contributed by atoms with Crippen molar-refractivity contribution in [3.63, 3.8) is 0 Å². The van der Waals surface area contributed by atoms with E-state index in [-0.39, 0.29) is 6.04 Å². The third-order valence-electron chi connectivity index (χ3n) is 3.34. The molecule has 0 unspecified atom stereocenters. The summed E-state index contributed by atoms with van der Waals surface area (Å²) in [7, 11) is 1.48. The van der Waals surface area contributed by atoms with E-state index in [1.54, 1.807) is 23.3 Å². The molecule has 0 aromatic carbocycles. The van der Waals surface area contributed by atoms with E-state index in [0.29, 0.717) is 34.9 Å². The first-order valence-corrected chi connectivity index (χ1v) is 7.18. The second kappa shape index (κ2) is 5.95. The topological polar surface area (TPSA) is 110 Å². The minimum absolute atomic E-state index is 0.119. The van der Waals surface area contributed by atoms with E-state index in [9.17, 15) is 0 Å². The first-order chi connectivity index (χ1) is 12.2. The van der Waals surface area contributed by atoms with Crippen LogP contribution in [0.2, 0.25) is 0 Å². The maximum atomic E-state index is 7.95. The van der Waals surface area contributed by atoms with Crippen molar-refractivity contribution in [2.24, 2.45) is 4.99 Å². The summed E-state index contributed by atoms with van der Waals surface area (Å²) in [5.41, 5.74) is 2.60. The maximum absolute atomic E-state index is 7.95. The van der Waals surface area contributed by atoms with Gasteiger partial charge in [-0.25, -0.2) is 19.6 Å². The van der Waals surface area contributed by atoms with Crippen LogP contribution >= 0.6 is 0 Å². The molecule has 0 saturated carbocycles. The van der Waals surface area contributed by atoms with Crippen LogP contribution in [-0.2, 0) is 6.54 Å². The van der Waals surface area contributed by atoms with Crippen LogP contribution in [0.25, 0.3) is 11.2 Å². The lowest BCUT2D eigenvalue weighted by Crippen LogP contribution is -2.04. The van der Waals surface area contributed by atoms with Crippen LogP contribution in [-0.4, -0.2) is 42.0 Å². The van der Waals surface area contributed by atoms with E-state index in [4.69, 9.17) is 6.11 Å². The molecule has 0 radical (unpaired) electrons. The van der Waals surface area contributed by atoms with Gasteiger partial charge in [0.05, 0.1) is 27.4 Å². The van der Waals surface area contributed by atoms with E-state index in [1.165, 1.54) is 13.3 Å². The first kappa shape index (κ1) is 13.0. The molecule has 4 heterocycles. The molecule has 24 heavy (non-hydrogen) atoms. The van der Waals surface area contributed by atoms with Crippen LogP contribution in [0, 0.1) is 0 Å². The summed E-state index contributed by atoms with van der Waals surface area (Å²) in [4.78, 5) is 17.2. The Morgan fingerprint density at radius 1 is 1.33 bits per heavy atom. The highest BCUT2D eigenvalue weighted by atomic mass is 16.5. The van der Waals surface area contributed by atoms with Crippen molar-refractivity contribution in [1.29, 1.82) is 0 Å². The van der Waals surface area contributed by atoms with Crippen molar-refractivity contribution in [1.82, 2.24) is 34.9 Å².